The number of phenols is 2. The first-order valence-electron chi connectivity index (χ1n) is 3.91. The van der Waals surface area contributed by atoms with Gasteiger partial charge >= 0.3 is 5.97 Å². The Hall–Kier alpha value is -1.46. The molecule has 0 heterocycles. The molecule has 84 valence electrons. The molecule has 15 heavy (non-hydrogen) atoms. The van der Waals surface area contributed by atoms with Gasteiger partial charge in [-0.1, -0.05) is 0 Å². The van der Waals surface area contributed by atoms with Crippen molar-refractivity contribution < 1.29 is 19.7 Å². The first-order chi connectivity index (χ1) is 6.56. The molecule has 0 radical (unpaired) electrons. The molecule has 0 aliphatic carbocycles. The van der Waals surface area contributed by atoms with Gasteiger partial charge < -0.3 is 20.7 Å². The van der Waals surface area contributed by atoms with Crippen molar-refractivity contribution >= 4 is 18.4 Å². The quantitative estimate of drug-likeness (QED) is 0.516. The average molecular weight is 234 g/mol. The molecule has 0 amide bonds. The smallest absolute Gasteiger partial charge is 0.327 e. The van der Waals surface area contributed by atoms with Crippen LogP contribution in [-0.4, -0.2) is 23.3 Å². The maximum Gasteiger partial charge on any atom is 0.327 e. The first kappa shape index (κ1) is 13.5. The summed E-state index contributed by atoms with van der Waals surface area (Å²) in [6.45, 7) is 0. The number of hydrogen-bond donors (Lipinski definition) is 3. The van der Waals surface area contributed by atoms with Crippen LogP contribution in [0.15, 0.2) is 18.2 Å². The molecule has 0 spiro atoms. The number of methoxy groups -OCH3 is 1. The summed E-state index contributed by atoms with van der Waals surface area (Å²) in [7, 11) is 1.20. The van der Waals surface area contributed by atoms with Gasteiger partial charge in [-0.05, 0) is 18.2 Å². The maximum atomic E-state index is 11.0. The van der Waals surface area contributed by atoms with E-state index in [1.165, 1.54) is 25.3 Å². The van der Waals surface area contributed by atoms with Crippen LogP contribution in [-0.2, 0) is 9.53 Å². The van der Waals surface area contributed by atoms with E-state index in [0.717, 1.165) is 0 Å². The van der Waals surface area contributed by atoms with E-state index in [0.29, 0.717) is 0 Å². The highest BCUT2D eigenvalue weighted by Crippen LogP contribution is 2.27. The zero-order valence-electron chi connectivity index (χ0n) is 8.01. The van der Waals surface area contributed by atoms with Crippen molar-refractivity contribution in [1.82, 2.24) is 0 Å². The normalized spacial score (nSPS) is 11.3. The third-order valence-electron chi connectivity index (χ3n) is 1.80. The van der Waals surface area contributed by atoms with E-state index in [4.69, 9.17) is 10.8 Å². The van der Waals surface area contributed by atoms with Crippen LogP contribution in [0.5, 0.6) is 11.5 Å². The molecular formula is C9H12ClNO4. The highest BCUT2D eigenvalue weighted by atomic mass is 35.5. The predicted molar refractivity (Wildman–Crippen MR) is 56.0 cm³/mol. The summed E-state index contributed by atoms with van der Waals surface area (Å²) in [5.41, 5.74) is 5.61. The van der Waals surface area contributed by atoms with Crippen LogP contribution < -0.4 is 5.73 Å². The molecule has 1 aromatic rings. The van der Waals surface area contributed by atoms with Crippen LogP contribution >= 0.6 is 12.4 Å². The van der Waals surface area contributed by atoms with E-state index < -0.39 is 12.0 Å². The van der Waals surface area contributed by atoms with E-state index in [2.05, 4.69) is 4.74 Å². The molecule has 4 N–H and O–H groups in total. The van der Waals surface area contributed by atoms with E-state index in [1.807, 2.05) is 0 Å². The summed E-state index contributed by atoms with van der Waals surface area (Å²) in [4.78, 5) is 11.0. The minimum Gasteiger partial charge on any atom is -0.508 e. The Labute approximate surface area is 92.9 Å². The Kier molecular flexibility index (Phi) is 4.90. The van der Waals surface area contributed by atoms with E-state index >= 15 is 0 Å². The Morgan fingerprint density at radius 3 is 2.60 bits per heavy atom. The molecule has 0 saturated carbocycles. The van der Waals surface area contributed by atoms with Crippen LogP contribution in [0.4, 0.5) is 0 Å². The topological polar surface area (TPSA) is 92.8 Å². The second-order valence-electron chi connectivity index (χ2n) is 2.74. The molecule has 0 aromatic heterocycles. The van der Waals surface area contributed by atoms with Crippen LogP contribution in [0, 0.1) is 0 Å². The molecular weight excluding hydrogens is 222 g/mol. The summed E-state index contributed by atoms with van der Waals surface area (Å²) >= 11 is 0. The van der Waals surface area contributed by atoms with E-state index in [1.54, 1.807) is 0 Å². The third-order valence-corrected chi connectivity index (χ3v) is 1.80. The molecule has 1 rings (SSSR count). The minimum atomic E-state index is -1.09. The zero-order chi connectivity index (χ0) is 10.7. The fraction of sp³-hybridized carbons (Fsp3) is 0.222. The number of phenolic OH excluding ortho intramolecular Hbond substituents is 2. The Bertz CT molecular complexity index is 356. The van der Waals surface area contributed by atoms with Crippen molar-refractivity contribution in [3.8, 4) is 11.5 Å². The molecule has 1 atom stereocenters. The molecule has 0 unspecified atom stereocenters. The van der Waals surface area contributed by atoms with Crippen LogP contribution in [0.3, 0.4) is 0 Å². The van der Waals surface area contributed by atoms with Crippen LogP contribution in [0.25, 0.3) is 0 Å². The summed E-state index contributed by atoms with van der Waals surface area (Å²) in [6.07, 6.45) is 0. The third kappa shape index (κ3) is 3.00. The highest BCUT2D eigenvalue weighted by molar-refractivity contribution is 5.85. The van der Waals surface area contributed by atoms with Crippen LogP contribution in [0.1, 0.15) is 11.6 Å². The lowest BCUT2D eigenvalue weighted by molar-refractivity contribution is -0.142. The fourth-order valence-electron chi connectivity index (χ4n) is 1.04. The molecule has 0 aliphatic rings. The second-order valence-corrected chi connectivity index (χ2v) is 2.74. The molecule has 0 fully saturated rings. The van der Waals surface area contributed by atoms with Crippen molar-refractivity contribution in [3.05, 3.63) is 23.8 Å². The summed E-state index contributed by atoms with van der Waals surface area (Å²) < 4.78 is 4.40. The second kappa shape index (κ2) is 5.43. The monoisotopic (exact) mass is 233 g/mol. The molecule has 1 aromatic carbocycles. The first-order valence-corrected chi connectivity index (χ1v) is 3.91. The average Bonchev–Trinajstić information content (AvgIpc) is 2.19. The molecule has 0 aliphatic heterocycles. The highest BCUT2D eigenvalue weighted by Gasteiger charge is 2.19. The minimum absolute atomic E-state index is 0. The summed E-state index contributed by atoms with van der Waals surface area (Å²) in [5, 5.41) is 18.5. The number of halogens is 1. The zero-order valence-corrected chi connectivity index (χ0v) is 8.82. The van der Waals surface area contributed by atoms with Crippen LogP contribution in [0.2, 0.25) is 0 Å². The van der Waals surface area contributed by atoms with Crippen molar-refractivity contribution in [1.29, 1.82) is 0 Å². The summed E-state index contributed by atoms with van der Waals surface area (Å²) in [6, 6.07) is 2.68. The van der Waals surface area contributed by atoms with Crippen molar-refractivity contribution in [3.63, 3.8) is 0 Å². The molecule has 0 saturated heterocycles. The number of hydrogen-bond acceptors (Lipinski definition) is 5. The number of carbonyl (C=O) groups is 1. The van der Waals surface area contributed by atoms with Gasteiger partial charge in [0.2, 0.25) is 0 Å². The Morgan fingerprint density at radius 1 is 1.47 bits per heavy atom. The van der Waals surface area contributed by atoms with Crippen molar-refractivity contribution in [2.24, 2.45) is 5.73 Å². The van der Waals surface area contributed by atoms with E-state index in [-0.39, 0.29) is 29.5 Å². The van der Waals surface area contributed by atoms with Gasteiger partial charge in [0, 0.05) is 5.56 Å². The van der Waals surface area contributed by atoms with E-state index in [9.17, 15) is 9.90 Å². The number of nitrogens with two attached hydrogens (primary N) is 1. The predicted octanol–water partition coefficient (Wildman–Crippen LogP) is 0.692. The number of esters is 1. The van der Waals surface area contributed by atoms with Gasteiger partial charge in [0.15, 0.2) is 0 Å². The fourth-order valence-corrected chi connectivity index (χ4v) is 1.04. The molecule has 5 nitrogen and oxygen atoms in total. The molecule has 6 heteroatoms. The lowest BCUT2D eigenvalue weighted by Crippen LogP contribution is -2.22. The van der Waals surface area contributed by atoms with Gasteiger partial charge in [-0.3, -0.25) is 4.79 Å². The Morgan fingerprint density at radius 2 is 2.07 bits per heavy atom. The number of carbonyl (C=O) groups excluding carboxylic acids is 1. The Balaban J connectivity index is 0.00000196. The lowest BCUT2D eigenvalue weighted by Gasteiger charge is -2.11. The maximum absolute atomic E-state index is 11.0. The number of ether oxygens (including phenoxy) is 1. The molecule has 0 bridgehead atoms. The van der Waals surface area contributed by atoms with Gasteiger partial charge in [-0.2, -0.15) is 0 Å². The SMILES string of the molecule is COC(=O)[C@H](N)c1cc(O)ccc1O.Cl. The van der Waals surface area contributed by atoms with Crippen molar-refractivity contribution in [2.75, 3.05) is 7.11 Å². The number of benzene rings is 1. The van der Waals surface area contributed by atoms with Gasteiger partial charge in [-0.25, -0.2) is 0 Å². The van der Waals surface area contributed by atoms with Gasteiger partial charge in [0.1, 0.15) is 17.5 Å². The van der Waals surface area contributed by atoms with Crippen molar-refractivity contribution in [2.45, 2.75) is 6.04 Å². The lowest BCUT2D eigenvalue weighted by atomic mass is 10.1. The summed E-state index contributed by atoms with van der Waals surface area (Å²) in [5.74, 6) is -0.899. The largest absolute Gasteiger partial charge is 0.508 e. The number of rotatable bonds is 2. The van der Waals surface area contributed by atoms with Gasteiger partial charge in [-0.15, -0.1) is 12.4 Å². The standard InChI is InChI=1S/C9H11NO4.ClH/c1-14-9(13)8(10)6-4-5(11)2-3-7(6)12;/h2-4,8,11-12H,10H2,1H3;1H/t8-;/m1./s1. The van der Waals surface area contributed by atoms with Gasteiger partial charge in [0.05, 0.1) is 7.11 Å². The number of aromatic hydroxyl groups is 2. The van der Waals surface area contributed by atoms with Gasteiger partial charge in [0.25, 0.3) is 0 Å².